The Bertz CT molecular complexity index is 143. The van der Waals surface area contributed by atoms with Crippen LogP contribution in [0.2, 0.25) is 0 Å². The Balaban J connectivity index is 0.000000291. The van der Waals surface area contributed by atoms with Crippen LogP contribution < -0.4 is 0 Å². The van der Waals surface area contributed by atoms with Gasteiger partial charge in [-0.2, -0.15) is 0 Å². The number of hydrogen-bond acceptors (Lipinski definition) is 2. The number of nitrogens with zero attached hydrogens (tertiary/aromatic N) is 1. The highest BCUT2D eigenvalue weighted by Crippen LogP contribution is 1.89. The molecule has 0 fully saturated rings. The number of aliphatic hydroxyl groups is 1. The third kappa shape index (κ3) is 2.87. The van der Waals surface area contributed by atoms with Crippen molar-refractivity contribution in [1.29, 1.82) is 0 Å². The van der Waals surface area contributed by atoms with Crippen molar-refractivity contribution >= 4 is 0 Å². The van der Waals surface area contributed by atoms with Crippen molar-refractivity contribution in [1.82, 2.24) is 9.97 Å². The average Bonchev–Trinajstić information content (AvgIpc) is 2.20. The van der Waals surface area contributed by atoms with Crippen LogP contribution >= 0.6 is 0 Å². The molecular weight excluding hydrogens is 116 g/mol. The zero-order valence-corrected chi connectivity index (χ0v) is 5.97. The highest BCUT2D eigenvalue weighted by Gasteiger charge is 1.83. The summed E-state index contributed by atoms with van der Waals surface area (Å²) in [5.41, 5.74) is 1.12. The molecule has 0 saturated carbocycles. The number of aromatic nitrogens is 2. The SMILES string of the molecule is CO.Cc1cnc(C)[nH]1. The van der Waals surface area contributed by atoms with E-state index in [4.69, 9.17) is 5.11 Å². The van der Waals surface area contributed by atoms with E-state index in [1.807, 2.05) is 20.0 Å². The summed E-state index contributed by atoms with van der Waals surface area (Å²) in [6, 6.07) is 0. The molecule has 0 amide bonds. The molecule has 52 valence electrons. The number of imidazole rings is 1. The lowest BCUT2D eigenvalue weighted by molar-refractivity contribution is 0.399. The molecule has 9 heavy (non-hydrogen) atoms. The van der Waals surface area contributed by atoms with Gasteiger partial charge in [0.15, 0.2) is 0 Å². The van der Waals surface area contributed by atoms with Crippen LogP contribution in [-0.2, 0) is 0 Å². The van der Waals surface area contributed by atoms with E-state index >= 15 is 0 Å². The lowest BCUT2D eigenvalue weighted by Crippen LogP contribution is -1.70. The van der Waals surface area contributed by atoms with Gasteiger partial charge in [-0.05, 0) is 13.8 Å². The van der Waals surface area contributed by atoms with Crippen LogP contribution in [0.15, 0.2) is 6.20 Å². The minimum Gasteiger partial charge on any atom is -0.400 e. The Labute approximate surface area is 54.8 Å². The first-order valence-corrected chi connectivity index (χ1v) is 2.72. The Morgan fingerprint density at radius 2 is 2.00 bits per heavy atom. The van der Waals surface area contributed by atoms with Gasteiger partial charge in [0.1, 0.15) is 5.82 Å². The quantitative estimate of drug-likeness (QED) is 0.538. The molecule has 1 aromatic rings. The van der Waals surface area contributed by atoms with E-state index in [0.29, 0.717) is 0 Å². The number of hydrogen-bond donors (Lipinski definition) is 2. The Kier molecular flexibility index (Phi) is 3.71. The maximum absolute atomic E-state index is 7.00. The summed E-state index contributed by atoms with van der Waals surface area (Å²) < 4.78 is 0. The molecule has 3 nitrogen and oxygen atoms in total. The van der Waals surface area contributed by atoms with Crippen molar-refractivity contribution in [2.45, 2.75) is 13.8 Å². The van der Waals surface area contributed by atoms with Crippen molar-refractivity contribution in [3.8, 4) is 0 Å². The molecule has 0 saturated heterocycles. The topological polar surface area (TPSA) is 48.9 Å². The standard InChI is InChI=1S/C5H8N2.CH4O/c1-4-3-6-5(2)7-4;1-2/h3H,1-2H3,(H,6,7);2H,1H3. The normalized spacial score (nSPS) is 8.00. The second-order valence-corrected chi connectivity index (χ2v) is 1.65. The summed E-state index contributed by atoms with van der Waals surface area (Å²) in [5, 5.41) is 7.00. The van der Waals surface area contributed by atoms with Gasteiger partial charge in [-0.3, -0.25) is 0 Å². The van der Waals surface area contributed by atoms with Crippen LogP contribution in [0.25, 0.3) is 0 Å². The lowest BCUT2D eigenvalue weighted by atomic mass is 10.6. The molecular formula is C6H12N2O. The minimum atomic E-state index is 0.984. The molecule has 3 heteroatoms. The number of aromatic amines is 1. The van der Waals surface area contributed by atoms with Gasteiger partial charge in [0.2, 0.25) is 0 Å². The fourth-order valence-corrected chi connectivity index (χ4v) is 0.544. The third-order valence-corrected chi connectivity index (χ3v) is 0.830. The first kappa shape index (κ1) is 8.17. The van der Waals surface area contributed by atoms with E-state index in [9.17, 15) is 0 Å². The molecule has 0 spiro atoms. The van der Waals surface area contributed by atoms with Crippen molar-refractivity contribution < 1.29 is 5.11 Å². The summed E-state index contributed by atoms with van der Waals surface area (Å²) in [5.74, 6) is 0.984. The highest BCUT2D eigenvalue weighted by atomic mass is 16.2. The third-order valence-electron chi connectivity index (χ3n) is 0.830. The summed E-state index contributed by atoms with van der Waals surface area (Å²) in [4.78, 5) is 6.99. The van der Waals surface area contributed by atoms with Crippen molar-refractivity contribution in [2.24, 2.45) is 0 Å². The molecule has 0 aliphatic carbocycles. The van der Waals surface area contributed by atoms with E-state index in [1.165, 1.54) is 0 Å². The van der Waals surface area contributed by atoms with Crippen LogP contribution in [0.5, 0.6) is 0 Å². The smallest absolute Gasteiger partial charge is 0.103 e. The first-order valence-electron chi connectivity index (χ1n) is 2.72. The number of aliphatic hydroxyl groups excluding tert-OH is 1. The zero-order chi connectivity index (χ0) is 7.28. The van der Waals surface area contributed by atoms with Gasteiger partial charge in [0.25, 0.3) is 0 Å². The molecule has 1 aromatic heterocycles. The van der Waals surface area contributed by atoms with Gasteiger partial charge in [-0.25, -0.2) is 4.98 Å². The van der Waals surface area contributed by atoms with E-state index < -0.39 is 0 Å². The average molecular weight is 128 g/mol. The fraction of sp³-hybridized carbons (Fsp3) is 0.500. The van der Waals surface area contributed by atoms with Gasteiger partial charge >= 0.3 is 0 Å². The predicted molar refractivity (Wildman–Crippen MR) is 36.2 cm³/mol. The van der Waals surface area contributed by atoms with Gasteiger partial charge in [-0.15, -0.1) is 0 Å². The summed E-state index contributed by atoms with van der Waals surface area (Å²) in [7, 11) is 1.00. The second kappa shape index (κ2) is 4.09. The minimum absolute atomic E-state index is 0.984. The van der Waals surface area contributed by atoms with E-state index in [-0.39, 0.29) is 0 Å². The number of H-pyrrole nitrogens is 1. The molecule has 1 rings (SSSR count). The van der Waals surface area contributed by atoms with Gasteiger partial charge in [0.05, 0.1) is 0 Å². The van der Waals surface area contributed by atoms with Crippen LogP contribution in [0.3, 0.4) is 0 Å². The molecule has 0 unspecified atom stereocenters. The Morgan fingerprint density at radius 3 is 2.11 bits per heavy atom. The van der Waals surface area contributed by atoms with Gasteiger partial charge in [0, 0.05) is 19.0 Å². The zero-order valence-electron chi connectivity index (χ0n) is 5.97. The fourth-order valence-electron chi connectivity index (χ4n) is 0.544. The molecule has 0 aromatic carbocycles. The number of aryl methyl sites for hydroxylation is 2. The van der Waals surface area contributed by atoms with E-state index in [1.54, 1.807) is 0 Å². The summed E-state index contributed by atoms with van der Waals surface area (Å²) in [6.45, 7) is 3.92. The Morgan fingerprint density at radius 1 is 1.44 bits per heavy atom. The van der Waals surface area contributed by atoms with E-state index in [2.05, 4.69) is 9.97 Å². The summed E-state index contributed by atoms with van der Waals surface area (Å²) in [6.07, 6.45) is 1.81. The summed E-state index contributed by atoms with van der Waals surface area (Å²) >= 11 is 0. The molecule has 0 aliphatic heterocycles. The first-order chi connectivity index (χ1) is 4.29. The van der Waals surface area contributed by atoms with Crippen molar-refractivity contribution in [2.75, 3.05) is 7.11 Å². The number of rotatable bonds is 0. The maximum Gasteiger partial charge on any atom is 0.103 e. The predicted octanol–water partition coefficient (Wildman–Crippen LogP) is 0.635. The molecule has 1 heterocycles. The molecule has 0 atom stereocenters. The van der Waals surface area contributed by atoms with Crippen LogP contribution in [0, 0.1) is 13.8 Å². The lowest BCUT2D eigenvalue weighted by Gasteiger charge is -1.74. The molecule has 0 bridgehead atoms. The largest absolute Gasteiger partial charge is 0.400 e. The molecule has 0 radical (unpaired) electrons. The van der Waals surface area contributed by atoms with Crippen molar-refractivity contribution in [3.63, 3.8) is 0 Å². The van der Waals surface area contributed by atoms with Crippen LogP contribution in [0.4, 0.5) is 0 Å². The monoisotopic (exact) mass is 128 g/mol. The van der Waals surface area contributed by atoms with E-state index in [0.717, 1.165) is 18.6 Å². The number of nitrogens with one attached hydrogen (secondary N) is 1. The van der Waals surface area contributed by atoms with Crippen LogP contribution in [0.1, 0.15) is 11.5 Å². The molecule has 0 aliphatic rings. The van der Waals surface area contributed by atoms with Gasteiger partial charge in [-0.1, -0.05) is 0 Å². The maximum atomic E-state index is 7.00. The highest BCUT2D eigenvalue weighted by molar-refractivity contribution is 4.95. The van der Waals surface area contributed by atoms with Crippen molar-refractivity contribution in [3.05, 3.63) is 17.7 Å². The Hall–Kier alpha value is -0.830. The van der Waals surface area contributed by atoms with Gasteiger partial charge < -0.3 is 10.1 Å². The molecule has 2 N–H and O–H groups in total. The van der Waals surface area contributed by atoms with Crippen LogP contribution in [-0.4, -0.2) is 22.2 Å². The second-order valence-electron chi connectivity index (χ2n) is 1.65.